The second-order valence-corrected chi connectivity index (χ2v) is 14.6. The fourth-order valence-electron chi connectivity index (χ4n) is 8.21. The minimum atomic E-state index is -1.14. The van der Waals surface area contributed by atoms with Crippen LogP contribution in [0.5, 0.6) is 0 Å². The van der Waals surface area contributed by atoms with E-state index in [-0.39, 0.29) is 51.3 Å². The summed E-state index contributed by atoms with van der Waals surface area (Å²) in [6.45, 7) is 11.1. The van der Waals surface area contributed by atoms with Gasteiger partial charge in [0.2, 0.25) is 0 Å². The minimum Gasteiger partial charge on any atom is -0.469 e. The highest BCUT2D eigenvalue weighted by atomic mass is 16.5. The fraction of sp³-hybridized carbons (Fsp3) is 0.364. The first-order chi connectivity index (χ1) is 27.8. The average Bonchev–Trinajstić information content (AvgIpc) is 3.87. The van der Waals surface area contributed by atoms with Crippen LogP contribution >= 0.6 is 0 Å². The normalized spacial score (nSPS) is 17.9. The summed E-state index contributed by atoms with van der Waals surface area (Å²) >= 11 is 0. The second-order valence-electron chi connectivity index (χ2n) is 14.6. The zero-order valence-electron chi connectivity index (χ0n) is 33.6. The average molecular weight is 795 g/mol. The molecular weight excluding hydrogens is 745 g/mol. The molecule has 6 N–H and O–H groups in total. The molecule has 306 valence electrons. The first-order valence-electron chi connectivity index (χ1n) is 19.1. The number of aliphatic hydroxyl groups is 2. The lowest BCUT2D eigenvalue weighted by Gasteiger charge is -2.36. The Balaban J connectivity index is 1.66. The van der Waals surface area contributed by atoms with Crippen molar-refractivity contribution in [2.75, 3.05) is 40.6 Å². The van der Waals surface area contributed by atoms with E-state index in [1.54, 1.807) is 12.2 Å². The van der Waals surface area contributed by atoms with Crippen molar-refractivity contribution in [3.63, 3.8) is 0 Å². The molecule has 58 heavy (non-hydrogen) atoms. The molecule has 0 amide bonds. The van der Waals surface area contributed by atoms with E-state index in [2.05, 4.69) is 26.8 Å². The number of carbonyl (C=O) groups is 4. The Morgan fingerprint density at radius 1 is 0.759 bits per heavy atom. The highest BCUT2D eigenvalue weighted by Crippen LogP contribution is 2.55. The van der Waals surface area contributed by atoms with Crippen LogP contribution in [-0.4, -0.2) is 89.7 Å². The molecule has 6 rings (SSSR count). The maximum absolute atomic E-state index is 13.8. The number of allylic oxidation sites excluding steroid dienone is 4. The van der Waals surface area contributed by atoms with Gasteiger partial charge in [0, 0.05) is 63.3 Å². The first kappa shape index (κ1) is 41.5. The SMILES string of the molecule is C=Cc1c2[nH]c(c1C)C=C1NC(=Cc3[nH]c(c(CCC(=O)OCCO)c3C)C=c3[nH]c(c(C)c3CCC(=O)OCCO)=C2)[C@@]2(C)C1=CC=C(C(=O)OC)[C@H]2C(=O)OC. The van der Waals surface area contributed by atoms with Gasteiger partial charge in [0.05, 0.1) is 38.4 Å². The van der Waals surface area contributed by atoms with E-state index in [0.717, 1.165) is 61.0 Å². The third-order valence-corrected chi connectivity index (χ3v) is 11.3. The predicted octanol–water partition coefficient (Wildman–Crippen LogP) is 2.97. The fourth-order valence-corrected chi connectivity index (χ4v) is 8.21. The van der Waals surface area contributed by atoms with Crippen LogP contribution in [0.15, 0.2) is 41.3 Å². The molecule has 0 saturated carbocycles. The smallest absolute Gasteiger partial charge is 0.334 e. The summed E-state index contributed by atoms with van der Waals surface area (Å²) in [7, 11) is 2.56. The summed E-state index contributed by atoms with van der Waals surface area (Å²) in [5.41, 5.74) is 9.22. The van der Waals surface area contributed by atoms with Crippen LogP contribution in [0.25, 0.3) is 30.4 Å². The van der Waals surface area contributed by atoms with Gasteiger partial charge in [-0.15, -0.1) is 0 Å². The predicted molar refractivity (Wildman–Crippen MR) is 217 cm³/mol. The largest absolute Gasteiger partial charge is 0.469 e. The van der Waals surface area contributed by atoms with Crippen molar-refractivity contribution in [3.05, 3.63) is 108 Å². The Morgan fingerprint density at radius 2 is 1.38 bits per heavy atom. The molecular formula is C44H50N4O10. The minimum absolute atomic E-state index is 0.0356. The molecule has 3 aromatic rings. The number of fused-ring (bicyclic) bond motifs is 11. The molecule has 3 aliphatic rings. The molecule has 1 saturated heterocycles. The molecule has 1 aliphatic carbocycles. The van der Waals surface area contributed by atoms with Crippen molar-refractivity contribution in [2.45, 2.75) is 53.4 Å². The van der Waals surface area contributed by atoms with Crippen LogP contribution in [-0.2, 0) is 51.0 Å². The van der Waals surface area contributed by atoms with Gasteiger partial charge >= 0.3 is 23.9 Å². The van der Waals surface area contributed by atoms with Crippen molar-refractivity contribution in [1.82, 2.24) is 20.3 Å². The third-order valence-electron chi connectivity index (χ3n) is 11.3. The number of nitrogens with one attached hydrogen (secondary N) is 4. The van der Waals surface area contributed by atoms with Gasteiger partial charge in [-0.1, -0.05) is 24.8 Å². The number of rotatable bonds is 13. The molecule has 2 atom stereocenters. The van der Waals surface area contributed by atoms with E-state index < -0.39 is 35.2 Å². The molecule has 8 bridgehead atoms. The number of aromatic amines is 3. The first-order valence-corrected chi connectivity index (χ1v) is 19.1. The molecule has 0 spiro atoms. The van der Waals surface area contributed by atoms with Crippen LogP contribution in [0.2, 0.25) is 0 Å². The molecule has 1 fully saturated rings. The Hall–Kier alpha value is -6.12. The summed E-state index contributed by atoms with van der Waals surface area (Å²) in [6.07, 6.45) is 13.8. The topological polar surface area (TPSA) is 205 Å². The van der Waals surface area contributed by atoms with Crippen LogP contribution in [0.1, 0.15) is 75.9 Å². The van der Waals surface area contributed by atoms with Crippen LogP contribution in [0.4, 0.5) is 0 Å². The lowest BCUT2D eigenvalue weighted by atomic mass is 9.64. The Morgan fingerprint density at radius 3 is 2.00 bits per heavy atom. The number of aromatic nitrogens is 3. The summed E-state index contributed by atoms with van der Waals surface area (Å²) < 4.78 is 20.8. The van der Waals surface area contributed by atoms with E-state index >= 15 is 0 Å². The van der Waals surface area contributed by atoms with Crippen LogP contribution < -0.4 is 16.0 Å². The summed E-state index contributed by atoms with van der Waals surface area (Å²) in [5, 5.41) is 23.5. The number of methoxy groups -OCH3 is 2. The van der Waals surface area contributed by atoms with E-state index in [1.807, 2.05) is 58.1 Å². The zero-order valence-corrected chi connectivity index (χ0v) is 33.6. The Labute approximate surface area is 335 Å². The van der Waals surface area contributed by atoms with Crippen LogP contribution in [0, 0.1) is 32.1 Å². The number of hydrogen-bond acceptors (Lipinski definition) is 11. The molecule has 14 heteroatoms. The quantitative estimate of drug-likeness (QED) is 0.110. The number of H-pyrrole nitrogens is 3. The van der Waals surface area contributed by atoms with Gasteiger partial charge in [-0.25, -0.2) is 4.79 Å². The van der Waals surface area contributed by atoms with Crippen molar-refractivity contribution in [1.29, 1.82) is 0 Å². The van der Waals surface area contributed by atoms with Crippen molar-refractivity contribution >= 4 is 54.3 Å². The Bertz CT molecular complexity index is 2430. The lowest BCUT2D eigenvalue weighted by molar-refractivity contribution is -0.150. The maximum Gasteiger partial charge on any atom is 0.334 e. The van der Waals surface area contributed by atoms with Gasteiger partial charge in [-0.3, -0.25) is 14.4 Å². The lowest BCUT2D eigenvalue weighted by Crippen LogP contribution is -2.40. The number of carbonyl (C=O) groups excluding carboxylic acids is 4. The molecule has 2 aliphatic heterocycles. The molecule has 0 unspecified atom stereocenters. The van der Waals surface area contributed by atoms with Gasteiger partial charge < -0.3 is 49.4 Å². The Kier molecular flexibility index (Phi) is 12.3. The maximum atomic E-state index is 13.8. The van der Waals surface area contributed by atoms with E-state index in [4.69, 9.17) is 18.9 Å². The van der Waals surface area contributed by atoms with Crippen molar-refractivity contribution in [3.8, 4) is 0 Å². The van der Waals surface area contributed by atoms with Gasteiger partial charge in [0.15, 0.2) is 0 Å². The third kappa shape index (κ3) is 7.64. The highest BCUT2D eigenvalue weighted by molar-refractivity contribution is 5.98. The highest BCUT2D eigenvalue weighted by Gasteiger charge is 2.55. The number of aliphatic hydroxyl groups excluding tert-OH is 2. The van der Waals surface area contributed by atoms with Crippen molar-refractivity contribution < 1.29 is 48.3 Å². The summed E-state index contributed by atoms with van der Waals surface area (Å²) in [5.74, 6) is -3.25. The van der Waals surface area contributed by atoms with Gasteiger partial charge in [-0.05, 0) is 98.2 Å². The van der Waals surface area contributed by atoms with Gasteiger partial charge in [-0.2, -0.15) is 0 Å². The van der Waals surface area contributed by atoms with Crippen molar-refractivity contribution in [2.24, 2.45) is 11.3 Å². The molecule has 14 nitrogen and oxygen atoms in total. The second kappa shape index (κ2) is 17.2. The van der Waals surface area contributed by atoms with E-state index in [1.165, 1.54) is 14.2 Å². The molecule has 0 aromatic carbocycles. The molecule has 3 aromatic heterocycles. The summed E-state index contributed by atoms with van der Waals surface area (Å²) in [4.78, 5) is 63.1. The van der Waals surface area contributed by atoms with E-state index in [9.17, 15) is 29.4 Å². The number of esters is 4. The molecule has 0 radical (unpaired) electrons. The van der Waals surface area contributed by atoms with E-state index in [0.29, 0.717) is 29.2 Å². The van der Waals surface area contributed by atoms with Crippen LogP contribution in [0.3, 0.4) is 0 Å². The number of hydrogen-bond donors (Lipinski definition) is 6. The van der Waals surface area contributed by atoms with Gasteiger partial charge in [0.25, 0.3) is 0 Å². The summed E-state index contributed by atoms with van der Waals surface area (Å²) in [6, 6.07) is 0. The monoisotopic (exact) mass is 794 g/mol. The molecule has 5 heterocycles. The number of ether oxygens (including phenoxy) is 4. The van der Waals surface area contributed by atoms with Gasteiger partial charge in [0.1, 0.15) is 19.1 Å². The zero-order chi connectivity index (χ0) is 41.9. The standard InChI is InChI=1S/C44H50N4O10/c1-8-26-23(2)32-20-37-30-12-9-29(42(53)55-6)41(43(54)56-7)44(30,5)38(48-37)22-33-25(4)28(11-14-40(52)58-18-16-50)36(47-33)21-35-27(10-13-39(51)57-17-15-49)24(3)31(46-35)19-34(26)45-32/h8-9,12,19-22,41,45-50H,1,10-11,13-18H2,2-7H3/t41-,44+/m0/s1.